The van der Waals surface area contributed by atoms with Crippen LogP contribution in [0.25, 0.3) is 0 Å². The number of nitrogens with one attached hydrogen (secondary N) is 1. The highest BCUT2D eigenvalue weighted by Crippen LogP contribution is 2.26. The largest absolute Gasteiger partial charge is 0.457 e. The van der Waals surface area contributed by atoms with Crippen molar-refractivity contribution < 1.29 is 22.7 Å². The fourth-order valence-corrected chi connectivity index (χ4v) is 4.57. The second-order valence-electron chi connectivity index (χ2n) is 8.48. The van der Waals surface area contributed by atoms with Crippen LogP contribution in [0.4, 0.5) is 5.69 Å². The summed E-state index contributed by atoms with van der Waals surface area (Å²) in [5.74, 6) is 0.335. The smallest absolute Gasteiger partial charge is 0.244 e. The summed E-state index contributed by atoms with van der Waals surface area (Å²) in [5.41, 5.74) is 2.17. The molecule has 0 saturated heterocycles. The molecule has 0 aliphatic carbocycles. The number of ether oxygens (including phenoxy) is 1. The fraction of sp³-hybridized carbons (Fsp3) is 0.259. The second kappa shape index (κ2) is 11.7. The van der Waals surface area contributed by atoms with E-state index in [-0.39, 0.29) is 12.5 Å². The minimum absolute atomic E-state index is 0.163. The van der Waals surface area contributed by atoms with Crippen molar-refractivity contribution in [1.29, 1.82) is 0 Å². The van der Waals surface area contributed by atoms with E-state index in [0.29, 0.717) is 17.2 Å². The van der Waals surface area contributed by atoms with Crippen molar-refractivity contribution in [1.82, 2.24) is 10.2 Å². The van der Waals surface area contributed by atoms with Gasteiger partial charge in [0.2, 0.25) is 21.8 Å². The van der Waals surface area contributed by atoms with Gasteiger partial charge < -0.3 is 15.0 Å². The summed E-state index contributed by atoms with van der Waals surface area (Å²) in [6, 6.07) is 22.5. The van der Waals surface area contributed by atoms with Crippen molar-refractivity contribution in [3.63, 3.8) is 0 Å². The molecular weight excluding hydrogens is 478 g/mol. The highest BCUT2D eigenvalue weighted by molar-refractivity contribution is 7.92. The molecule has 3 aromatic carbocycles. The summed E-state index contributed by atoms with van der Waals surface area (Å²) in [6.07, 6.45) is 1.04. The lowest BCUT2D eigenvalue weighted by atomic mass is 10.1. The molecule has 36 heavy (non-hydrogen) atoms. The normalized spacial score (nSPS) is 11.9. The summed E-state index contributed by atoms with van der Waals surface area (Å²) in [5, 5.41) is 2.56. The molecule has 190 valence electrons. The zero-order valence-electron chi connectivity index (χ0n) is 20.8. The number of hydrogen-bond donors (Lipinski definition) is 1. The van der Waals surface area contributed by atoms with E-state index in [1.165, 1.54) is 11.9 Å². The van der Waals surface area contributed by atoms with E-state index < -0.39 is 28.5 Å². The van der Waals surface area contributed by atoms with E-state index >= 15 is 0 Å². The van der Waals surface area contributed by atoms with Crippen LogP contribution >= 0.6 is 0 Å². The number of anilines is 1. The summed E-state index contributed by atoms with van der Waals surface area (Å²) in [4.78, 5) is 27.2. The average molecular weight is 510 g/mol. The Morgan fingerprint density at radius 3 is 2.17 bits per heavy atom. The van der Waals surface area contributed by atoms with Gasteiger partial charge in [-0.3, -0.25) is 13.9 Å². The van der Waals surface area contributed by atoms with Gasteiger partial charge in [0.1, 0.15) is 24.1 Å². The van der Waals surface area contributed by atoms with Crippen LogP contribution < -0.4 is 14.4 Å². The Kier molecular flexibility index (Phi) is 8.71. The summed E-state index contributed by atoms with van der Waals surface area (Å²) in [7, 11) is -2.31. The lowest BCUT2D eigenvalue weighted by Gasteiger charge is -2.31. The van der Waals surface area contributed by atoms with Crippen LogP contribution in [-0.2, 0) is 26.2 Å². The van der Waals surface area contributed by atoms with Crippen LogP contribution in [-0.4, -0.2) is 51.0 Å². The van der Waals surface area contributed by atoms with Crippen molar-refractivity contribution in [3.05, 3.63) is 90.0 Å². The van der Waals surface area contributed by atoms with Gasteiger partial charge in [-0.2, -0.15) is 0 Å². The molecule has 0 bridgehead atoms. The Balaban J connectivity index is 1.85. The Labute approximate surface area is 212 Å². The van der Waals surface area contributed by atoms with Gasteiger partial charge in [0.15, 0.2) is 0 Å². The number of likely N-dealkylation sites (N-methyl/N-ethyl adjacent to an activating group) is 1. The van der Waals surface area contributed by atoms with Crippen LogP contribution in [0.15, 0.2) is 78.9 Å². The highest BCUT2D eigenvalue weighted by atomic mass is 32.2. The number of carbonyl (C=O) groups is 2. The fourth-order valence-electron chi connectivity index (χ4n) is 3.72. The third kappa shape index (κ3) is 7.08. The first kappa shape index (κ1) is 26.7. The van der Waals surface area contributed by atoms with Gasteiger partial charge in [-0.05, 0) is 55.8 Å². The number of nitrogens with zero attached hydrogens (tertiary/aromatic N) is 2. The molecule has 3 rings (SSSR count). The van der Waals surface area contributed by atoms with Gasteiger partial charge in [0, 0.05) is 13.6 Å². The minimum Gasteiger partial charge on any atom is -0.457 e. The predicted octanol–water partition coefficient (Wildman–Crippen LogP) is 3.72. The molecule has 0 radical (unpaired) electrons. The molecule has 0 fully saturated rings. The molecule has 9 heteroatoms. The first-order valence-electron chi connectivity index (χ1n) is 11.5. The quantitative estimate of drug-likeness (QED) is 0.450. The van der Waals surface area contributed by atoms with Gasteiger partial charge >= 0.3 is 0 Å². The molecule has 0 heterocycles. The van der Waals surface area contributed by atoms with Crippen LogP contribution in [0.3, 0.4) is 0 Å². The predicted molar refractivity (Wildman–Crippen MR) is 140 cm³/mol. The topological polar surface area (TPSA) is 96.0 Å². The zero-order valence-corrected chi connectivity index (χ0v) is 21.7. The molecule has 0 aliphatic rings. The standard InChI is InChI=1S/C27H31N3O5S/c1-20-9-8-10-22(17-20)18-29(21(2)27(32)28-3)26(31)19-30(36(4,33)34)23-13-15-25(16-14-23)35-24-11-6-5-7-12-24/h5-17,21H,18-19H2,1-4H3,(H,28,32)/t21-/m0/s1. The number of para-hydroxylation sites is 1. The Morgan fingerprint density at radius 2 is 1.58 bits per heavy atom. The molecule has 0 aromatic heterocycles. The average Bonchev–Trinajstić information content (AvgIpc) is 2.85. The number of aryl methyl sites for hydroxylation is 1. The molecule has 0 saturated carbocycles. The molecule has 0 unspecified atom stereocenters. The molecular formula is C27H31N3O5S. The van der Waals surface area contributed by atoms with Crippen molar-refractivity contribution in [3.8, 4) is 11.5 Å². The van der Waals surface area contributed by atoms with Crippen molar-refractivity contribution in [2.75, 3.05) is 24.2 Å². The van der Waals surface area contributed by atoms with Gasteiger partial charge in [-0.1, -0.05) is 48.0 Å². The molecule has 2 amide bonds. The Hall–Kier alpha value is -3.85. The van der Waals surface area contributed by atoms with E-state index in [4.69, 9.17) is 4.74 Å². The molecule has 8 nitrogen and oxygen atoms in total. The maximum absolute atomic E-state index is 13.4. The molecule has 3 aromatic rings. The van der Waals surface area contributed by atoms with Gasteiger partial charge in [0.25, 0.3) is 0 Å². The lowest BCUT2D eigenvalue weighted by Crippen LogP contribution is -2.50. The Morgan fingerprint density at radius 1 is 0.944 bits per heavy atom. The number of amides is 2. The van der Waals surface area contributed by atoms with E-state index in [1.54, 1.807) is 31.2 Å². The SMILES string of the molecule is CNC(=O)[C@H](C)N(Cc1cccc(C)c1)C(=O)CN(c1ccc(Oc2ccccc2)cc1)S(C)(=O)=O. The molecule has 0 spiro atoms. The van der Waals surface area contributed by atoms with Gasteiger partial charge in [-0.25, -0.2) is 8.42 Å². The number of rotatable bonds is 10. The van der Waals surface area contributed by atoms with Crippen molar-refractivity contribution in [2.24, 2.45) is 0 Å². The van der Waals surface area contributed by atoms with Gasteiger partial charge in [0.05, 0.1) is 11.9 Å². The minimum atomic E-state index is -3.80. The molecule has 0 aliphatic heterocycles. The first-order chi connectivity index (χ1) is 17.1. The number of sulfonamides is 1. The maximum atomic E-state index is 13.4. The van der Waals surface area contributed by atoms with E-state index in [0.717, 1.165) is 21.7 Å². The van der Waals surface area contributed by atoms with Gasteiger partial charge in [-0.15, -0.1) is 0 Å². The third-order valence-corrected chi connectivity index (χ3v) is 6.77. The lowest BCUT2D eigenvalue weighted by molar-refractivity contribution is -0.139. The molecule has 1 atom stereocenters. The summed E-state index contributed by atoms with van der Waals surface area (Å²) < 4.78 is 32.2. The Bertz CT molecular complexity index is 1290. The number of benzene rings is 3. The molecule has 1 N–H and O–H groups in total. The summed E-state index contributed by atoms with van der Waals surface area (Å²) in [6.45, 7) is 3.27. The summed E-state index contributed by atoms with van der Waals surface area (Å²) >= 11 is 0. The highest BCUT2D eigenvalue weighted by Gasteiger charge is 2.29. The van der Waals surface area contributed by atoms with Crippen molar-refractivity contribution >= 4 is 27.5 Å². The second-order valence-corrected chi connectivity index (χ2v) is 10.4. The van der Waals surface area contributed by atoms with E-state index in [1.807, 2.05) is 61.5 Å². The number of hydrogen-bond acceptors (Lipinski definition) is 5. The number of carbonyl (C=O) groups excluding carboxylic acids is 2. The van der Waals surface area contributed by atoms with Crippen LogP contribution in [0.2, 0.25) is 0 Å². The van der Waals surface area contributed by atoms with Crippen LogP contribution in [0, 0.1) is 6.92 Å². The maximum Gasteiger partial charge on any atom is 0.244 e. The third-order valence-electron chi connectivity index (χ3n) is 5.63. The zero-order chi connectivity index (χ0) is 26.3. The van der Waals surface area contributed by atoms with E-state index in [9.17, 15) is 18.0 Å². The first-order valence-corrected chi connectivity index (χ1v) is 13.3. The van der Waals surface area contributed by atoms with Crippen molar-refractivity contribution in [2.45, 2.75) is 26.4 Å². The monoisotopic (exact) mass is 509 g/mol. The van der Waals surface area contributed by atoms with Crippen LogP contribution in [0.5, 0.6) is 11.5 Å². The van der Waals surface area contributed by atoms with E-state index in [2.05, 4.69) is 5.32 Å². The van der Waals surface area contributed by atoms with Crippen LogP contribution in [0.1, 0.15) is 18.1 Å².